The molecule has 2 nitrogen and oxygen atoms in total. The average Bonchev–Trinajstić information content (AvgIpc) is 2.86. The van der Waals surface area contributed by atoms with Crippen molar-refractivity contribution in [3.63, 3.8) is 0 Å². The van der Waals surface area contributed by atoms with Gasteiger partial charge in [0.15, 0.2) is 0 Å². The molecule has 1 atom stereocenters. The smallest absolute Gasteiger partial charge is 0.387 e. The molecule has 0 aliphatic rings. The fourth-order valence-corrected chi connectivity index (χ4v) is 3.06. The molecule has 1 aromatic heterocycles. The highest BCUT2D eigenvalue weighted by molar-refractivity contribution is 7.11. The molecule has 1 unspecified atom stereocenters. The Balaban J connectivity index is 2.14. The van der Waals surface area contributed by atoms with Gasteiger partial charge >= 0.3 is 6.61 Å². The van der Waals surface area contributed by atoms with Crippen molar-refractivity contribution in [3.8, 4) is 5.75 Å². The van der Waals surface area contributed by atoms with Crippen molar-refractivity contribution in [2.75, 3.05) is 0 Å². The van der Waals surface area contributed by atoms with Crippen LogP contribution in [-0.2, 0) is 12.8 Å². The molecule has 2 N–H and O–H groups in total. The van der Waals surface area contributed by atoms with Gasteiger partial charge in [-0.15, -0.1) is 11.3 Å². The Morgan fingerprint density at radius 2 is 1.85 bits per heavy atom. The summed E-state index contributed by atoms with van der Waals surface area (Å²) >= 11 is 1.71. The van der Waals surface area contributed by atoms with Crippen LogP contribution in [0.4, 0.5) is 8.78 Å². The molecule has 0 amide bonds. The van der Waals surface area contributed by atoms with Gasteiger partial charge in [-0.2, -0.15) is 8.78 Å². The van der Waals surface area contributed by atoms with Gasteiger partial charge in [0.1, 0.15) is 5.75 Å². The minimum atomic E-state index is -2.84. The van der Waals surface area contributed by atoms with Gasteiger partial charge in [0, 0.05) is 27.8 Å². The van der Waals surface area contributed by atoms with E-state index in [0.717, 1.165) is 11.3 Å². The zero-order valence-electron chi connectivity index (χ0n) is 11.2. The first-order valence-electron chi connectivity index (χ1n) is 6.47. The van der Waals surface area contributed by atoms with E-state index < -0.39 is 6.61 Å². The highest BCUT2D eigenvalue weighted by atomic mass is 32.1. The number of ether oxygens (including phenoxy) is 1. The Bertz CT molecular complexity index is 556. The first-order chi connectivity index (χ1) is 9.60. The SMILES string of the molecule is CCc1ccc(CC(N)c2ccccc2OC(F)F)s1. The molecule has 0 spiro atoms. The molecule has 1 heterocycles. The van der Waals surface area contributed by atoms with Crippen LogP contribution in [0.15, 0.2) is 36.4 Å². The maximum Gasteiger partial charge on any atom is 0.387 e. The lowest BCUT2D eigenvalue weighted by atomic mass is 10.0. The Kier molecular flexibility index (Phi) is 5.09. The summed E-state index contributed by atoms with van der Waals surface area (Å²) in [4.78, 5) is 2.45. The molecule has 0 aliphatic heterocycles. The Hall–Kier alpha value is -1.46. The number of halogens is 2. The van der Waals surface area contributed by atoms with Gasteiger partial charge < -0.3 is 10.5 Å². The second-order valence-corrected chi connectivity index (χ2v) is 5.70. The first kappa shape index (κ1) is 14.9. The van der Waals surface area contributed by atoms with E-state index in [0.29, 0.717) is 12.0 Å². The quantitative estimate of drug-likeness (QED) is 0.869. The number of hydrogen-bond acceptors (Lipinski definition) is 3. The maximum absolute atomic E-state index is 12.4. The lowest BCUT2D eigenvalue weighted by molar-refractivity contribution is -0.0506. The molecule has 5 heteroatoms. The zero-order chi connectivity index (χ0) is 14.5. The third-order valence-electron chi connectivity index (χ3n) is 3.02. The molecule has 0 aliphatic carbocycles. The minimum Gasteiger partial charge on any atom is -0.434 e. The summed E-state index contributed by atoms with van der Waals surface area (Å²) < 4.78 is 29.3. The van der Waals surface area contributed by atoms with Crippen LogP contribution >= 0.6 is 11.3 Å². The molecule has 0 radical (unpaired) electrons. The molecular formula is C15H17F2NOS. The van der Waals surface area contributed by atoms with Crippen molar-refractivity contribution in [3.05, 3.63) is 51.7 Å². The summed E-state index contributed by atoms with van der Waals surface area (Å²) in [6.07, 6.45) is 1.61. The van der Waals surface area contributed by atoms with E-state index >= 15 is 0 Å². The van der Waals surface area contributed by atoms with Gasteiger partial charge in [0.25, 0.3) is 0 Å². The van der Waals surface area contributed by atoms with Gasteiger partial charge in [0.2, 0.25) is 0 Å². The summed E-state index contributed by atoms with van der Waals surface area (Å²) in [6, 6.07) is 10.5. The van der Waals surface area contributed by atoms with E-state index in [1.54, 1.807) is 29.5 Å². The van der Waals surface area contributed by atoms with Gasteiger partial charge in [-0.3, -0.25) is 0 Å². The van der Waals surface area contributed by atoms with E-state index in [-0.39, 0.29) is 11.8 Å². The number of alkyl halides is 2. The monoisotopic (exact) mass is 297 g/mol. The molecule has 0 fully saturated rings. The van der Waals surface area contributed by atoms with Crippen molar-refractivity contribution in [1.82, 2.24) is 0 Å². The molecule has 108 valence electrons. The van der Waals surface area contributed by atoms with Crippen LogP contribution in [-0.4, -0.2) is 6.61 Å². The van der Waals surface area contributed by atoms with Crippen LogP contribution < -0.4 is 10.5 Å². The summed E-state index contributed by atoms with van der Waals surface area (Å²) in [5.74, 6) is 0.155. The van der Waals surface area contributed by atoms with Gasteiger partial charge in [-0.05, 0) is 24.6 Å². The standard InChI is InChI=1S/C15H17F2NOS/c1-2-10-7-8-11(20-10)9-13(18)12-5-3-4-6-14(12)19-15(16)17/h3-8,13,15H,2,9,18H2,1H3. The van der Waals surface area contributed by atoms with Gasteiger partial charge in [-0.25, -0.2) is 0 Å². The van der Waals surface area contributed by atoms with Crippen LogP contribution in [0, 0.1) is 0 Å². The number of hydrogen-bond donors (Lipinski definition) is 1. The third-order valence-corrected chi connectivity index (χ3v) is 4.27. The second kappa shape index (κ2) is 6.81. The molecule has 0 saturated carbocycles. The van der Waals surface area contributed by atoms with Crippen LogP contribution in [0.2, 0.25) is 0 Å². The average molecular weight is 297 g/mol. The van der Waals surface area contributed by atoms with Crippen molar-refractivity contribution >= 4 is 11.3 Å². The van der Waals surface area contributed by atoms with E-state index in [2.05, 4.69) is 17.7 Å². The summed E-state index contributed by atoms with van der Waals surface area (Å²) in [6.45, 7) is -0.738. The van der Waals surface area contributed by atoms with Crippen LogP contribution in [0.1, 0.15) is 28.3 Å². The van der Waals surface area contributed by atoms with E-state index in [4.69, 9.17) is 5.73 Å². The van der Waals surface area contributed by atoms with Crippen molar-refractivity contribution in [2.24, 2.45) is 5.73 Å². The van der Waals surface area contributed by atoms with Crippen LogP contribution in [0.5, 0.6) is 5.75 Å². The highest BCUT2D eigenvalue weighted by Gasteiger charge is 2.16. The van der Waals surface area contributed by atoms with Gasteiger partial charge in [0.05, 0.1) is 0 Å². The third kappa shape index (κ3) is 3.77. The van der Waals surface area contributed by atoms with E-state index in [1.165, 1.54) is 10.9 Å². The Morgan fingerprint density at radius 1 is 1.15 bits per heavy atom. The molecule has 0 bridgehead atoms. The predicted molar refractivity (Wildman–Crippen MR) is 77.4 cm³/mol. The molecule has 1 aromatic carbocycles. The lowest BCUT2D eigenvalue weighted by Gasteiger charge is -2.16. The zero-order valence-corrected chi connectivity index (χ0v) is 12.0. The van der Waals surface area contributed by atoms with E-state index in [1.807, 2.05) is 6.07 Å². The largest absolute Gasteiger partial charge is 0.434 e. The number of para-hydroxylation sites is 1. The molecule has 0 saturated heterocycles. The topological polar surface area (TPSA) is 35.2 Å². The minimum absolute atomic E-state index is 0.155. The van der Waals surface area contributed by atoms with Crippen LogP contribution in [0.3, 0.4) is 0 Å². The number of rotatable bonds is 6. The summed E-state index contributed by atoms with van der Waals surface area (Å²) in [5, 5.41) is 0. The molecular weight excluding hydrogens is 280 g/mol. The summed E-state index contributed by atoms with van der Waals surface area (Å²) in [7, 11) is 0. The fourth-order valence-electron chi connectivity index (χ4n) is 2.04. The van der Waals surface area contributed by atoms with E-state index in [9.17, 15) is 8.78 Å². The lowest BCUT2D eigenvalue weighted by Crippen LogP contribution is -2.15. The Labute approximate surface area is 121 Å². The number of nitrogens with two attached hydrogens (primary N) is 1. The molecule has 20 heavy (non-hydrogen) atoms. The number of aryl methyl sites for hydroxylation is 1. The number of benzene rings is 1. The highest BCUT2D eigenvalue weighted by Crippen LogP contribution is 2.29. The summed E-state index contributed by atoms with van der Waals surface area (Å²) in [5.41, 5.74) is 6.75. The van der Waals surface area contributed by atoms with Crippen LogP contribution in [0.25, 0.3) is 0 Å². The second-order valence-electron chi connectivity index (χ2n) is 4.45. The number of thiophene rings is 1. The fraction of sp³-hybridized carbons (Fsp3) is 0.333. The molecule has 2 aromatic rings. The van der Waals surface area contributed by atoms with Crippen molar-refractivity contribution in [1.29, 1.82) is 0 Å². The normalized spacial score (nSPS) is 12.7. The van der Waals surface area contributed by atoms with Crippen molar-refractivity contribution < 1.29 is 13.5 Å². The van der Waals surface area contributed by atoms with Gasteiger partial charge in [-0.1, -0.05) is 25.1 Å². The molecule has 2 rings (SSSR count). The van der Waals surface area contributed by atoms with Crippen molar-refractivity contribution in [2.45, 2.75) is 32.4 Å². The maximum atomic E-state index is 12.4. The predicted octanol–water partition coefficient (Wildman–Crippen LogP) is 4.15. The first-order valence-corrected chi connectivity index (χ1v) is 7.28. The Morgan fingerprint density at radius 3 is 2.50 bits per heavy atom.